The molecule has 1 saturated heterocycles. The number of aryl methyl sites for hydroxylation is 1. The largest absolute Gasteiger partial charge is 0.463 e. The molecule has 2 atom stereocenters. The minimum Gasteiger partial charge on any atom is -0.463 e. The van der Waals surface area contributed by atoms with Crippen molar-refractivity contribution in [1.82, 2.24) is 14.7 Å². The van der Waals surface area contributed by atoms with Gasteiger partial charge in [0.2, 0.25) is 5.76 Å². The van der Waals surface area contributed by atoms with Gasteiger partial charge in [0.15, 0.2) is 0 Å². The number of carbonyl (C=O) groups excluding carboxylic acids is 1. The summed E-state index contributed by atoms with van der Waals surface area (Å²) >= 11 is 0. The van der Waals surface area contributed by atoms with Crippen molar-refractivity contribution < 1.29 is 13.9 Å². The van der Waals surface area contributed by atoms with Crippen LogP contribution < -0.4 is 0 Å². The van der Waals surface area contributed by atoms with Gasteiger partial charge in [-0.15, -0.1) is 0 Å². The highest BCUT2D eigenvalue weighted by atomic mass is 16.5. The van der Waals surface area contributed by atoms with Crippen LogP contribution in [0.25, 0.3) is 0 Å². The predicted molar refractivity (Wildman–Crippen MR) is 85.1 cm³/mol. The fraction of sp³-hybridized carbons (Fsp3) is 0.529. The number of furan rings is 1. The summed E-state index contributed by atoms with van der Waals surface area (Å²) in [6.07, 6.45) is 4.22. The van der Waals surface area contributed by atoms with Crippen molar-refractivity contribution in [2.45, 2.75) is 38.8 Å². The molecule has 0 bridgehead atoms. The van der Waals surface area contributed by atoms with Gasteiger partial charge in [0.05, 0.1) is 19.3 Å². The zero-order valence-electron chi connectivity index (χ0n) is 14.1. The quantitative estimate of drug-likeness (QED) is 0.811. The fourth-order valence-electron chi connectivity index (χ4n) is 3.38. The second kappa shape index (κ2) is 6.20. The summed E-state index contributed by atoms with van der Waals surface area (Å²) < 4.78 is 12.3. The zero-order chi connectivity index (χ0) is 16.6. The number of rotatable bonds is 4. The highest BCUT2D eigenvalue weighted by molar-refractivity contribution is 5.86. The van der Waals surface area contributed by atoms with Gasteiger partial charge in [0.25, 0.3) is 0 Å². The molecule has 3 heterocycles. The Hall–Kier alpha value is -2.08. The van der Waals surface area contributed by atoms with Gasteiger partial charge >= 0.3 is 5.97 Å². The lowest BCUT2D eigenvalue weighted by molar-refractivity contribution is 0.0558. The molecule has 1 aliphatic heterocycles. The van der Waals surface area contributed by atoms with Gasteiger partial charge in [-0.2, -0.15) is 5.10 Å². The van der Waals surface area contributed by atoms with Crippen LogP contribution in [-0.4, -0.2) is 34.3 Å². The molecule has 0 N–H and O–H groups in total. The third-order valence-electron chi connectivity index (χ3n) is 4.85. The Morgan fingerprint density at radius 1 is 1.48 bits per heavy atom. The predicted octanol–water partition coefficient (Wildman–Crippen LogP) is 3.01. The Morgan fingerprint density at radius 3 is 2.91 bits per heavy atom. The molecule has 0 unspecified atom stereocenters. The van der Waals surface area contributed by atoms with E-state index in [0.717, 1.165) is 25.1 Å². The van der Waals surface area contributed by atoms with Gasteiger partial charge in [-0.1, -0.05) is 0 Å². The molecule has 2 aromatic heterocycles. The number of hydrogen-bond acceptors (Lipinski definition) is 5. The van der Waals surface area contributed by atoms with Crippen molar-refractivity contribution in [3.05, 3.63) is 41.1 Å². The summed E-state index contributed by atoms with van der Waals surface area (Å²) in [5.74, 6) is 0.603. The topological polar surface area (TPSA) is 60.5 Å². The second-order valence-electron chi connectivity index (χ2n) is 6.07. The van der Waals surface area contributed by atoms with Gasteiger partial charge in [-0.3, -0.25) is 9.58 Å². The molecule has 6 nitrogen and oxygen atoms in total. The summed E-state index contributed by atoms with van der Waals surface area (Å²) in [6.45, 7) is 5.23. The van der Waals surface area contributed by atoms with Crippen LogP contribution in [0.15, 0.2) is 22.7 Å². The van der Waals surface area contributed by atoms with Gasteiger partial charge in [0.1, 0.15) is 5.76 Å². The van der Waals surface area contributed by atoms with Crippen LogP contribution in [0.2, 0.25) is 0 Å². The molecule has 0 radical (unpaired) electrons. The Labute approximate surface area is 136 Å². The fourth-order valence-corrected chi connectivity index (χ4v) is 3.38. The molecule has 0 aromatic carbocycles. The van der Waals surface area contributed by atoms with Gasteiger partial charge in [0, 0.05) is 24.3 Å². The zero-order valence-corrected chi connectivity index (χ0v) is 14.1. The van der Waals surface area contributed by atoms with E-state index in [1.807, 2.05) is 24.0 Å². The molecule has 124 valence electrons. The Morgan fingerprint density at radius 2 is 2.26 bits per heavy atom. The number of esters is 1. The lowest BCUT2D eigenvalue weighted by Gasteiger charge is -2.29. The van der Waals surface area contributed by atoms with E-state index in [1.165, 1.54) is 18.4 Å². The average molecular weight is 317 g/mol. The van der Waals surface area contributed by atoms with Crippen molar-refractivity contribution in [3.8, 4) is 0 Å². The van der Waals surface area contributed by atoms with Crippen LogP contribution in [0.5, 0.6) is 0 Å². The number of ether oxygens (including phenoxy) is 1. The van der Waals surface area contributed by atoms with Gasteiger partial charge in [-0.25, -0.2) is 4.79 Å². The molecular formula is C17H23N3O3. The maximum Gasteiger partial charge on any atom is 0.373 e. The molecular weight excluding hydrogens is 294 g/mol. The molecule has 2 aromatic rings. The Balaban J connectivity index is 1.83. The van der Waals surface area contributed by atoms with Crippen LogP contribution >= 0.6 is 0 Å². The van der Waals surface area contributed by atoms with Crippen LogP contribution in [0.3, 0.4) is 0 Å². The van der Waals surface area contributed by atoms with E-state index in [0.29, 0.717) is 6.04 Å². The van der Waals surface area contributed by atoms with Crippen LogP contribution in [-0.2, 0) is 11.8 Å². The minimum atomic E-state index is -0.440. The summed E-state index contributed by atoms with van der Waals surface area (Å²) in [5, 5.41) is 4.37. The second-order valence-corrected chi connectivity index (χ2v) is 6.07. The van der Waals surface area contributed by atoms with E-state index in [2.05, 4.69) is 23.8 Å². The van der Waals surface area contributed by atoms with Crippen LogP contribution in [0.4, 0.5) is 0 Å². The molecule has 3 rings (SSSR count). The summed E-state index contributed by atoms with van der Waals surface area (Å²) in [5.41, 5.74) is 2.47. The van der Waals surface area contributed by atoms with E-state index in [4.69, 9.17) is 9.15 Å². The van der Waals surface area contributed by atoms with Crippen LogP contribution in [0, 0.1) is 6.92 Å². The maximum absolute atomic E-state index is 11.6. The summed E-state index contributed by atoms with van der Waals surface area (Å²) in [7, 11) is 3.33. The van der Waals surface area contributed by atoms with Gasteiger partial charge < -0.3 is 9.15 Å². The highest BCUT2D eigenvalue weighted by Crippen LogP contribution is 2.39. The first-order chi connectivity index (χ1) is 11.0. The summed E-state index contributed by atoms with van der Waals surface area (Å²) in [4.78, 5) is 14.0. The smallest absolute Gasteiger partial charge is 0.373 e. The molecule has 1 fully saturated rings. The van der Waals surface area contributed by atoms with Gasteiger partial charge in [-0.05, 0) is 45.4 Å². The van der Waals surface area contributed by atoms with Crippen molar-refractivity contribution in [3.63, 3.8) is 0 Å². The Kier molecular flexibility index (Phi) is 4.26. The first-order valence-corrected chi connectivity index (χ1v) is 7.95. The SMILES string of the molecule is COC(=O)c1ccc([C@H](C)N2CCC[C@@H]2c2cnn(C)c2C)o1. The average Bonchev–Trinajstić information content (AvgIpc) is 3.27. The van der Waals surface area contributed by atoms with Crippen molar-refractivity contribution in [2.24, 2.45) is 7.05 Å². The number of nitrogens with zero attached hydrogens (tertiary/aromatic N) is 3. The Bertz CT molecular complexity index is 704. The monoisotopic (exact) mass is 317 g/mol. The van der Waals surface area contributed by atoms with Crippen molar-refractivity contribution in [1.29, 1.82) is 0 Å². The molecule has 0 amide bonds. The minimum absolute atomic E-state index is 0.0977. The normalized spacial score (nSPS) is 19.9. The maximum atomic E-state index is 11.6. The summed E-state index contributed by atoms with van der Waals surface area (Å²) in [6, 6.07) is 3.98. The van der Waals surface area contributed by atoms with E-state index >= 15 is 0 Å². The van der Waals surface area contributed by atoms with Crippen LogP contribution in [0.1, 0.15) is 59.4 Å². The lowest BCUT2D eigenvalue weighted by Crippen LogP contribution is -2.26. The van der Waals surface area contributed by atoms with Crippen molar-refractivity contribution >= 4 is 5.97 Å². The third kappa shape index (κ3) is 2.79. The molecule has 0 aliphatic carbocycles. The molecule has 6 heteroatoms. The van der Waals surface area contributed by atoms with E-state index in [1.54, 1.807) is 6.07 Å². The number of carbonyl (C=O) groups is 1. The van der Waals surface area contributed by atoms with Crippen molar-refractivity contribution in [2.75, 3.05) is 13.7 Å². The number of hydrogen-bond donors (Lipinski definition) is 0. The molecule has 23 heavy (non-hydrogen) atoms. The number of aromatic nitrogens is 2. The highest BCUT2D eigenvalue weighted by Gasteiger charge is 2.33. The first kappa shape index (κ1) is 15.8. The molecule has 0 saturated carbocycles. The molecule has 1 aliphatic rings. The number of likely N-dealkylation sites (tertiary alicyclic amines) is 1. The first-order valence-electron chi connectivity index (χ1n) is 7.95. The third-order valence-corrected chi connectivity index (χ3v) is 4.85. The number of methoxy groups -OCH3 is 1. The van der Waals surface area contributed by atoms with E-state index in [9.17, 15) is 4.79 Å². The van der Waals surface area contributed by atoms with E-state index < -0.39 is 5.97 Å². The molecule has 0 spiro atoms. The standard InChI is InChI=1S/C17H23N3O3/c1-11-13(10-18-19(11)3)14-6-5-9-20(14)12(2)15-7-8-16(23-15)17(21)22-4/h7-8,10,12,14H,5-6,9H2,1-4H3/t12-,14+/m0/s1. The lowest BCUT2D eigenvalue weighted by atomic mass is 10.0. The van der Waals surface area contributed by atoms with E-state index in [-0.39, 0.29) is 11.8 Å².